The van der Waals surface area contributed by atoms with E-state index in [0.717, 1.165) is 22.4 Å². The van der Waals surface area contributed by atoms with Crippen molar-refractivity contribution in [1.29, 1.82) is 0 Å². The smallest absolute Gasteiger partial charge is 0.246 e. The van der Waals surface area contributed by atoms with E-state index in [2.05, 4.69) is 4.98 Å². The highest BCUT2D eigenvalue weighted by Gasteiger charge is 2.29. The molecule has 2 amide bonds. The maximum atomic E-state index is 12.9. The quantitative estimate of drug-likeness (QED) is 0.708. The van der Waals surface area contributed by atoms with Crippen molar-refractivity contribution in [2.24, 2.45) is 0 Å². The van der Waals surface area contributed by atoms with Crippen LogP contribution in [0.5, 0.6) is 0 Å². The molecule has 1 aliphatic heterocycles. The van der Waals surface area contributed by atoms with Crippen molar-refractivity contribution >= 4 is 17.5 Å². The first-order valence-electron chi connectivity index (χ1n) is 9.34. The number of rotatable bonds is 4. The van der Waals surface area contributed by atoms with Crippen molar-refractivity contribution < 1.29 is 9.59 Å². The summed E-state index contributed by atoms with van der Waals surface area (Å²) in [4.78, 5) is 32.9. The highest BCUT2D eigenvalue weighted by molar-refractivity contribution is 6.01. The Hall–Kier alpha value is -3.47. The number of para-hydroxylation sites is 1. The molecule has 5 nitrogen and oxygen atoms in total. The number of anilines is 1. The van der Waals surface area contributed by atoms with Gasteiger partial charge in [-0.3, -0.25) is 14.6 Å². The second-order valence-electron chi connectivity index (χ2n) is 6.78. The van der Waals surface area contributed by atoms with Crippen LogP contribution in [0.25, 0.3) is 11.1 Å². The molecule has 2 heterocycles. The first-order chi connectivity index (χ1) is 13.7. The van der Waals surface area contributed by atoms with Crippen molar-refractivity contribution in [2.45, 2.75) is 6.42 Å². The van der Waals surface area contributed by atoms with Gasteiger partial charge in [-0.05, 0) is 23.3 Å². The Morgan fingerprint density at radius 3 is 2.46 bits per heavy atom. The molecule has 0 aliphatic carbocycles. The molecule has 0 radical (unpaired) electrons. The van der Waals surface area contributed by atoms with Gasteiger partial charge in [0.25, 0.3) is 0 Å². The molecule has 3 aromatic rings. The third kappa shape index (κ3) is 3.78. The lowest BCUT2D eigenvalue weighted by molar-refractivity contribution is -0.136. The first kappa shape index (κ1) is 17.9. The van der Waals surface area contributed by atoms with Gasteiger partial charge in [-0.15, -0.1) is 0 Å². The van der Waals surface area contributed by atoms with E-state index < -0.39 is 0 Å². The van der Waals surface area contributed by atoms with Crippen molar-refractivity contribution in [3.8, 4) is 11.1 Å². The second-order valence-corrected chi connectivity index (χ2v) is 6.78. The van der Waals surface area contributed by atoms with E-state index in [1.54, 1.807) is 22.2 Å². The van der Waals surface area contributed by atoms with Crippen LogP contribution in [0.2, 0.25) is 0 Å². The minimum atomic E-state index is -0.0610. The SMILES string of the molecule is O=C(Cc1cccnc1)N1CCN(c2ccccc2-c2ccccc2)C(=O)C1. The molecule has 0 N–H and O–H groups in total. The number of carbonyl (C=O) groups excluding carboxylic acids is 2. The third-order valence-corrected chi connectivity index (χ3v) is 4.93. The van der Waals surface area contributed by atoms with Gasteiger partial charge in [-0.1, -0.05) is 54.6 Å². The monoisotopic (exact) mass is 371 g/mol. The summed E-state index contributed by atoms with van der Waals surface area (Å²) in [7, 11) is 0. The molecule has 1 fully saturated rings. The summed E-state index contributed by atoms with van der Waals surface area (Å²) in [5.74, 6) is -0.105. The van der Waals surface area contributed by atoms with E-state index in [-0.39, 0.29) is 24.8 Å². The summed E-state index contributed by atoms with van der Waals surface area (Å²) < 4.78 is 0. The minimum absolute atomic E-state index is 0.0441. The molecular weight excluding hydrogens is 350 g/mol. The summed E-state index contributed by atoms with van der Waals surface area (Å²) >= 11 is 0. The van der Waals surface area contributed by atoms with Gasteiger partial charge in [0.15, 0.2) is 0 Å². The summed E-state index contributed by atoms with van der Waals surface area (Å²) in [6.07, 6.45) is 3.63. The average Bonchev–Trinajstić information content (AvgIpc) is 2.75. The Labute approximate surface area is 164 Å². The fourth-order valence-electron chi connectivity index (χ4n) is 3.50. The van der Waals surface area contributed by atoms with Crippen molar-refractivity contribution in [2.75, 3.05) is 24.5 Å². The summed E-state index contributed by atoms with van der Waals surface area (Å²) in [6.45, 7) is 1.11. The van der Waals surface area contributed by atoms with Crippen LogP contribution < -0.4 is 4.90 Å². The molecule has 2 aromatic carbocycles. The summed E-state index contributed by atoms with van der Waals surface area (Å²) in [5, 5.41) is 0. The van der Waals surface area contributed by atoms with Crippen molar-refractivity contribution in [3.05, 3.63) is 84.7 Å². The van der Waals surface area contributed by atoms with Gasteiger partial charge in [0, 0.05) is 31.0 Å². The van der Waals surface area contributed by atoms with Crippen LogP contribution in [-0.4, -0.2) is 41.3 Å². The number of benzene rings is 2. The molecule has 140 valence electrons. The zero-order valence-corrected chi connectivity index (χ0v) is 15.5. The van der Waals surface area contributed by atoms with Crippen LogP contribution in [0.3, 0.4) is 0 Å². The number of pyridine rings is 1. The Balaban J connectivity index is 1.50. The molecule has 0 atom stereocenters. The Kier molecular flexibility index (Phi) is 5.15. The first-order valence-corrected chi connectivity index (χ1v) is 9.34. The van der Waals surface area contributed by atoms with Gasteiger partial charge in [0.1, 0.15) is 6.54 Å². The number of aromatic nitrogens is 1. The number of piperazine rings is 1. The molecule has 0 unspecified atom stereocenters. The predicted molar refractivity (Wildman–Crippen MR) is 109 cm³/mol. The zero-order chi connectivity index (χ0) is 19.3. The Morgan fingerprint density at radius 1 is 0.929 bits per heavy atom. The molecule has 1 aromatic heterocycles. The average molecular weight is 371 g/mol. The highest BCUT2D eigenvalue weighted by atomic mass is 16.2. The van der Waals surface area contributed by atoms with Crippen molar-refractivity contribution in [3.63, 3.8) is 0 Å². The molecule has 4 rings (SSSR count). The van der Waals surface area contributed by atoms with E-state index in [9.17, 15) is 9.59 Å². The molecule has 0 bridgehead atoms. The fraction of sp³-hybridized carbons (Fsp3) is 0.174. The normalized spacial score (nSPS) is 14.2. The number of hydrogen-bond acceptors (Lipinski definition) is 3. The number of amides is 2. The topological polar surface area (TPSA) is 53.5 Å². The van der Waals surface area contributed by atoms with Crippen LogP contribution in [-0.2, 0) is 16.0 Å². The van der Waals surface area contributed by atoms with Gasteiger partial charge in [0.05, 0.1) is 12.1 Å². The molecule has 28 heavy (non-hydrogen) atoms. The lowest BCUT2D eigenvalue weighted by Gasteiger charge is -2.35. The maximum Gasteiger partial charge on any atom is 0.246 e. The predicted octanol–water partition coefficient (Wildman–Crippen LogP) is 3.17. The third-order valence-electron chi connectivity index (χ3n) is 4.93. The highest BCUT2D eigenvalue weighted by Crippen LogP contribution is 2.31. The Morgan fingerprint density at radius 2 is 1.71 bits per heavy atom. The van der Waals surface area contributed by atoms with Gasteiger partial charge < -0.3 is 9.80 Å². The van der Waals surface area contributed by atoms with Crippen LogP contribution in [0.1, 0.15) is 5.56 Å². The van der Waals surface area contributed by atoms with E-state index in [0.29, 0.717) is 13.1 Å². The minimum Gasteiger partial charge on any atom is -0.331 e. The molecule has 0 saturated carbocycles. The summed E-state index contributed by atoms with van der Waals surface area (Å²) in [6, 6.07) is 21.6. The van der Waals surface area contributed by atoms with Gasteiger partial charge >= 0.3 is 0 Å². The number of carbonyl (C=O) groups is 2. The lowest BCUT2D eigenvalue weighted by Crippen LogP contribution is -2.52. The van der Waals surface area contributed by atoms with Crippen LogP contribution in [0, 0.1) is 0 Å². The van der Waals surface area contributed by atoms with Crippen LogP contribution >= 0.6 is 0 Å². The summed E-state index contributed by atoms with van der Waals surface area (Å²) in [5.41, 5.74) is 3.84. The maximum absolute atomic E-state index is 12.9. The van der Waals surface area contributed by atoms with Crippen LogP contribution in [0.15, 0.2) is 79.1 Å². The number of hydrogen-bond donors (Lipinski definition) is 0. The molecule has 1 saturated heterocycles. The molecular formula is C23H21N3O2. The van der Waals surface area contributed by atoms with Gasteiger partial charge in [0.2, 0.25) is 11.8 Å². The standard InChI is InChI=1S/C23H21N3O2/c27-22(15-18-7-6-12-24-16-18)25-13-14-26(23(28)17-25)21-11-5-4-10-20(21)19-8-2-1-3-9-19/h1-12,16H,13-15,17H2. The molecule has 1 aliphatic rings. The van der Waals surface area contributed by atoms with E-state index in [4.69, 9.17) is 0 Å². The van der Waals surface area contributed by atoms with E-state index >= 15 is 0 Å². The van der Waals surface area contributed by atoms with Crippen molar-refractivity contribution in [1.82, 2.24) is 9.88 Å². The molecule has 0 spiro atoms. The number of nitrogens with zero attached hydrogens (tertiary/aromatic N) is 3. The fourth-order valence-corrected chi connectivity index (χ4v) is 3.50. The largest absolute Gasteiger partial charge is 0.331 e. The Bertz CT molecular complexity index is 973. The van der Waals surface area contributed by atoms with Crippen LogP contribution in [0.4, 0.5) is 5.69 Å². The van der Waals surface area contributed by atoms with Gasteiger partial charge in [-0.2, -0.15) is 0 Å². The van der Waals surface area contributed by atoms with Gasteiger partial charge in [-0.25, -0.2) is 0 Å². The van der Waals surface area contributed by atoms with E-state index in [1.807, 2.05) is 66.7 Å². The zero-order valence-electron chi connectivity index (χ0n) is 15.5. The molecule has 5 heteroatoms. The second kappa shape index (κ2) is 8.05. The van der Waals surface area contributed by atoms with E-state index in [1.165, 1.54) is 0 Å². The lowest BCUT2D eigenvalue weighted by atomic mass is 10.0.